The van der Waals surface area contributed by atoms with Crippen LogP contribution in [0.3, 0.4) is 0 Å². The first-order valence-corrected chi connectivity index (χ1v) is 7.24. The summed E-state index contributed by atoms with van der Waals surface area (Å²) in [5, 5.41) is 0. The van der Waals surface area contributed by atoms with E-state index < -0.39 is 0 Å². The van der Waals surface area contributed by atoms with Crippen molar-refractivity contribution in [3.05, 3.63) is 83.9 Å². The number of benzene rings is 2. The van der Waals surface area contributed by atoms with Gasteiger partial charge in [0.05, 0.1) is 0 Å². The Morgan fingerprint density at radius 3 is 1.55 bits per heavy atom. The number of unbranched alkanes of at least 4 members (excludes halogenated alkanes) is 1. The molecule has 0 nitrogen and oxygen atoms in total. The summed E-state index contributed by atoms with van der Waals surface area (Å²) in [6, 6.07) is 17.3. The molecule has 0 heteroatoms. The number of hydrogen-bond donors (Lipinski definition) is 0. The minimum absolute atomic E-state index is 1.14. The molecule has 0 spiro atoms. The molecule has 20 heavy (non-hydrogen) atoms. The van der Waals surface area contributed by atoms with Crippen LogP contribution in [-0.4, -0.2) is 0 Å². The van der Waals surface area contributed by atoms with Crippen molar-refractivity contribution in [3.8, 4) is 0 Å². The second-order valence-electron chi connectivity index (χ2n) is 5.11. The predicted molar refractivity (Wildman–Crippen MR) is 89.7 cm³/mol. The molecule has 0 aliphatic carbocycles. The molecule has 2 aromatic carbocycles. The van der Waals surface area contributed by atoms with Crippen LogP contribution < -0.4 is 0 Å². The highest BCUT2D eigenvalue weighted by molar-refractivity contribution is 5.48. The standard InChI is InChI=1S/C20H22/c1-3-17-11-7-13-19(15-17)9-5-6-10-20-14-8-12-18(4-2)16-20/h3-4,7-8,11-16H,1-2,5-6,9-10H2. The van der Waals surface area contributed by atoms with Crippen molar-refractivity contribution in [2.45, 2.75) is 25.7 Å². The Balaban J connectivity index is 1.80. The van der Waals surface area contributed by atoms with Gasteiger partial charge in [-0.05, 0) is 47.9 Å². The molecule has 0 saturated heterocycles. The van der Waals surface area contributed by atoms with Crippen molar-refractivity contribution in [1.82, 2.24) is 0 Å². The van der Waals surface area contributed by atoms with Crippen LogP contribution in [-0.2, 0) is 12.8 Å². The third-order valence-electron chi connectivity index (χ3n) is 3.55. The highest BCUT2D eigenvalue weighted by Crippen LogP contribution is 2.13. The maximum Gasteiger partial charge on any atom is -0.0260 e. The summed E-state index contributed by atoms with van der Waals surface area (Å²) in [6.45, 7) is 7.63. The van der Waals surface area contributed by atoms with E-state index in [0.717, 1.165) is 12.8 Å². The fourth-order valence-corrected chi connectivity index (χ4v) is 2.41. The first kappa shape index (κ1) is 14.3. The first-order chi connectivity index (χ1) is 9.81. The summed E-state index contributed by atoms with van der Waals surface area (Å²) in [5.74, 6) is 0. The predicted octanol–water partition coefficient (Wildman–Crippen LogP) is 5.54. The summed E-state index contributed by atoms with van der Waals surface area (Å²) in [4.78, 5) is 0. The Hall–Kier alpha value is -2.08. The normalized spacial score (nSPS) is 10.2. The van der Waals surface area contributed by atoms with E-state index in [1.54, 1.807) is 0 Å². The lowest BCUT2D eigenvalue weighted by atomic mass is 10.0. The Bertz CT molecular complexity index is 525. The SMILES string of the molecule is C=Cc1cccc(CCCCc2cccc(C=C)c2)c1. The molecule has 0 bridgehead atoms. The number of rotatable bonds is 7. The highest BCUT2D eigenvalue weighted by atomic mass is 14.0. The Kier molecular flexibility index (Phi) is 5.37. The molecule has 2 rings (SSSR count). The van der Waals surface area contributed by atoms with Gasteiger partial charge in [-0.25, -0.2) is 0 Å². The smallest absolute Gasteiger partial charge is 0.0260 e. The summed E-state index contributed by atoms with van der Waals surface area (Å²) in [5.41, 5.74) is 5.23. The van der Waals surface area contributed by atoms with E-state index >= 15 is 0 Å². The van der Waals surface area contributed by atoms with Gasteiger partial charge in [0, 0.05) is 0 Å². The minimum Gasteiger partial charge on any atom is -0.0985 e. The van der Waals surface area contributed by atoms with E-state index in [1.807, 2.05) is 12.2 Å². The fourth-order valence-electron chi connectivity index (χ4n) is 2.41. The quantitative estimate of drug-likeness (QED) is 0.575. The molecule has 0 saturated carbocycles. The fraction of sp³-hybridized carbons (Fsp3) is 0.200. The molecule has 0 aliphatic rings. The van der Waals surface area contributed by atoms with E-state index in [9.17, 15) is 0 Å². The lowest BCUT2D eigenvalue weighted by Gasteiger charge is -2.04. The molecule has 0 radical (unpaired) electrons. The minimum atomic E-state index is 1.14. The van der Waals surface area contributed by atoms with Crippen molar-refractivity contribution in [2.75, 3.05) is 0 Å². The van der Waals surface area contributed by atoms with Crippen LogP contribution in [0.1, 0.15) is 35.1 Å². The van der Waals surface area contributed by atoms with Gasteiger partial charge in [0.1, 0.15) is 0 Å². The number of hydrogen-bond acceptors (Lipinski definition) is 0. The van der Waals surface area contributed by atoms with Gasteiger partial charge in [-0.3, -0.25) is 0 Å². The molecule has 0 fully saturated rings. The molecule has 0 atom stereocenters. The lowest BCUT2D eigenvalue weighted by molar-refractivity contribution is 0.734. The average Bonchev–Trinajstić information content (AvgIpc) is 2.52. The van der Waals surface area contributed by atoms with E-state index in [4.69, 9.17) is 0 Å². The van der Waals surface area contributed by atoms with Crippen molar-refractivity contribution < 1.29 is 0 Å². The largest absolute Gasteiger partial charge is 0.0985 e. The van der Waals surface area contributed by atoms with E-state index in [1.165, 1.54) is 35.1 Å². The van der Waals surface area contributed by atoms with Crippen LogP contribution in [0.2, 0.25) is 0 Å². The molecule has 0 aliphatic heterocycles. The van der Waals surface area contributed by atoms with Crippen molar-refractivity contribution in [3.63, 3.8) is 0 Å². The van der Waals surface area contributed by atoms with Gasteiger partial charge < -0.3 is 0 Å². The van der Waals surface area contributed by atoms with Crippen molar-refractivity contribution >= 4 is 12.2 Å². The zero-order valence-electron chi connectivity index (χ0n) is 12.0. The average molecular weight is 262 g/mol. The molecule has 0 N–H and O–H groups in total. The van der Waals surface area contributed by atoms with Gasteiger partial charge in [0.2, 0.25) is 0 Å². The van der Waals surface area contributed by atoms with Gasteiger partial charge in [0.25, 0.3) is 0 Å². The molecule has 0 amide bonds. The van der Waals surface area contributed by atoms with Crippen LogP contribution in [0, 0.1) is 0 Å². The van der Waals surface area contributed by atoms with Gasteiger partial charge in [-0.2, -0.15) is 0 Å². The maximum atomic E-state index is 3.82. The topological polar surface area (TPSA) is 0 Å². The second-order valence-corrected chi connectivity index (χ2v) is 5.11. The highest BCUT2D eigenvalue weighted by Gasteiger charge is 1.97. The van der Waals surface area contributed by atoms with Gasteiger partial charge >= 0.3 is 0 Å². The zero-order valence-corrected chi connectivity index (χ0v) is 12.0. The van der Waals surface area contributed by atoms with E-state index in [0.29, 0.717) is 0 Å². The van der Waals surface area contributed by atoms with Crippen LogP contribution in [0.4, 0.5) is 0 Å². The van der Waals surface area contributed by atoms with Crippen LogP contribution in [0.25, 0.3) is 12.2 Å². The summed E-state index contributed by atoms with van der Waals surface area (Å²) in [6.07, 6.45) is 8.54. The van der Waals surface area contributed by atoms with Crippen LogP contribution >= 0.6 is 0 Å². The van der Waals surface area contributed by atoms with Gasteiger partial charge in [-0.15, -0.1) is 0 Å². The summed E-state index contributed by atoms with van der Waals surface area (Å²) in [7, 11) is 0. The number of aryl methyl sites for hydroxylation is 2. The molecular formula is C20H22. The van der Waals surface area contributed by atoms with E-state index in [-0.39, 0.29) is 0 Å². The molecule has 0 unspecified atom stereocenters. The Labute approximate surface area is 122 Å². The maximum absolute atomic E-state index is 3.82. The molecular weight excluding hydrogens is 240 g/mol. The Morgan fingerprint density at radius 1 is 0.700 bits per heavy atom. The molecule has 0 heterocycles. The third-order valence-corrected chi connectivity index (χ3v) is 3.55. The third kappa shape index (κ3) is 4.24. The summed E-state index contributed by atoms with van der Waals surface area (Å²) < 4.78 is 0. The molecule has 102 valence electrons. The van der Waals surface area contributed by atoms with Crippen LogP contribution in [0.15, 0.2) is 61.7 Å². The first-order valence-electron chi connectivity index (χ1n) is 7.24. The lowest BCUT2D eigenvalue weighted by Crippen LogP contribution is -1.90. The summed E-state index contributed by atoms with van der Waals surface area (Å²) >= 11 is 0. The molecule has 2 aromatic rings. The van der Waals surface area contributed by atoms with Crippen molar-refractivity contribution in [2.24, 2.45) is 0 Å². The second kappa shape index (κ2) is 7.49. The Morgan fingerprint density at radius 2 is 1.15 bits per heavy atom. The van der Waals surface area contributed by atoms with E-state index in [2.05, 4.69) is 61.7 Å². The molecule has 0 aromatic heterocycles. The zero-order chi connectivity index (χ0) is 14.2. The van der Waals surface area contributed by atoms with Crippen molar-refractivity contribution in [1.29, 1.82) is 0 Å². The van der Waals surface area contributed by atoms with Crippen LogP contribution in [0.5, 0.6) is 0 Å². The monoisotopic (exact) mass is 262 g/mol. The van der Waals surface area contributed by atoms with Gasteiger partial charge in [-0.1, -0.05) is 73.8 Å². The van der Waals surface area contributed by atoms with Gasteiger partial charge in [0.15, 0.2) is 0 Å².